The van der Waals surface area contributed by atoms with Crippen molar-refractivity contribution < 1.29 is 13.6 Å². The molecule has 7 nitrogen and oxygen atoms in total. The number of hydrogen-bond donors (Lipinski definition) is 3. The number of halogens is 2. The number of nitrogens with zero attached hydrogens (tertiary/aromatic N) is 3. The van der Waals surface area contributed by atoms with E-state index in [0.29, 0.717) is 5.95 Å². The smallest absolute Gasteiger partial charge is 0.319 e. The van der Waals surface area contributed by atoms with Gasteiger partial charge in [-0.3, -0.25) is 0 Å². The average Bonchev–Trinajstić information content (AvgIpc) is 2.66. The molecule has 1 aromatic heterocycles. The quantitative estimate of drug-likeness (QED) is 0.729. The van der Waals surface area contributed by atoms with Gasteiger partial charge >= 0.3 is 6.03 Å². The lowest BCUT2D eigenvalue weighted by atomic mass is 9.91. The molecule has 3 rings (SSSR count). The molecule has 1 aliphatic rings. The first-order valence-electron chi connectivity index (χ1n) is 9.20. The summed E-state index contributed by atoms with van der Waals surface area (Å²) in [5, 5.41) is 8.60. The van der Waals surface area contributed by atoms with Crippen LogP contribution in [0.3, 0.4) is 0 Å². The predicted molar refractivity (Wildman–Crippen MR) is 105 cm³/mol. The van der Waals surface area contributed by atoms with Crippen LogP contribution in [0.2, 0.25) is 0 Å². The Morgan fingerprint density at radius 1 is 1.11 bits per heavy atom. The van der Waals surface area contributed by atoms with E-state index in [2.05, 4.69) is 25.9 Å². The number of rotatable bonds is 5. The van der Waals surface area contributed by atoms with Crippen molar-refractivity contribution >= 4 is 23.5 Å². The molecular formula is C19H24F2N6O. The molecule has 1 saturated carbocycles. The summed E-state index contributed by atoms with van der Waals surface area (Å²) in [6, 6.07) is 4.61. The average molecular weight is 390 g/mol. The largest absolute Gasteiger partial charge is 0.363 e. The van der Waals surface area contributed by atoms with Crippen molar-refractivity contribution in [1.82, 2.24) is 15.3 Å². The minimum Gasteiger partial charge on any atom is -0.363 e. The van der Waals surface area contributed by atoms with Crippen LogP contribution in [0.1, 0.15) is 25.7 Å². The van der Waals surface area contributed by atoms with Gasteiger partial charge in [0.2, 0.25) is 5.95 Å². The van der Waals surface area contributed by atoms with Gasteiger partial charge in [-0.25, -0.2) is 18.6 Å². The van der Waals surface area contributed by atoms with E-state index >= 15 is 0 Å². The van der Waals surface area contributed by atoms with Crippen LogP contribution < -0.4 is 20.9 Å². The molecule has 9 heteroatoms. The first-order valence-corrected chi connectivity index (χ1v) is 9.20. The van der Waals surface area contributed by atoms with Gasteiger partial charge in [-0.2, -0.15) is 4.98 Å². The minimum absolute atomic E-state index is 0.00409. The maximum atomic E-state index is 13.6. The second kappa shape index (κ2) is 8.81. The highest BCUT2D eigenvalue weighted by atomic mass is 19.1. The van der Waals surface area contributed by atoms with Gasteiger partial charge < -0.3 is 20.9 Å². The molecule has 150 valence electrons. The highest BCUT2D eigenvalue weighted by Gasteiger charge is 2.23. The Hall–Kier alpha value is -2.97. The van der Waals surface area contributed by atoms with Crippen molar-refractivity contribution in [3.8, 4) is 0 Å². The third kappa shape index (κ3) is 5.28. The standard InChI is InChI=1S/C19H24F2N6O/c1-27(2)17-9-10-22-18(26-17)23-13-4-6-14(7-5-13)24-19(28)25-16-8-3-12(20)11-15(16)21/h3,8-11,13-14H,4-7H2,1-2H3,(H,22,23,26)(H2,24,25,28)/t13-,14+. The summed E-state index contributed by atoms with van der Waals surface area (Å²) in [6.45, 7) is 0. The van der Waals surface area contributed by atoms with E-state index in [1.54, 1.807) is 6.20 Å². The molecule has 0 saturated heterocycles. The molecule has 1 aliphatic carbocycles. The number of carbonyl (C=O) groups is 1. The number of nitrogens with one attached hydrogen (secondary N) is 3. The fraction of sp³-hybridized carbons (Fsp3) is 0.421. The fourth-order valence-electron chi connectivity index (χ4n) is 3.17. The lowest BCUT2D eigenvalue weighted by Gasteiger charge is -2.29. The van der Waals surface area contributed by atoms with E-state index < -0.39 is 17.7 Å². The first-order chi connectivity index (χ1) is 13.4. The van der Waals surface area contributed by atoms with E-state index in [1.807, 2.05) is 25.1 Å². The molecule has 1 fully saturated rings. The zero-order chi connectivity index (χ0) is 20.1. The SMILES string of the molecule is CN(C)c1ccnc(N[C@H]2CC[C@@H](NC(=O)Nc3ccc(F)cc3F)CC2)n1. The molecule has 2 aromatic rings. The van der Waals surface area contributed by atoms with Crippen LogP contribution in [-0.4, -0.2) is 42.2 Å². The second-order valence-electron chi connectivity index (χ2n) is 7.05. The first kappa shape index (κ1) is 19.8. The number of carbonyl (C=O) groups excluding carboxylic acids is 1. The van der Waals surface area contributed by atoms with Gasteiger partial charge in [-0.05, 0) is 43.9 Å². The zero-order valence-electron chi connectivity index (χ0n) is 15.9. The van der Waals surface area contributed by atoms with Crippen molar-refractivity contribution in [3.05, 3.63) is 42.1 Å². The van der Waals surface area contributed by atoms with Crippen LogP contribution >= 0.6 is 0 Å². The fourth-order valence-corrected chi connectivity index (χ4v) is 3.17. The Bertz CT molecular complexity index is 824. The number of urea groups is 1. The zero-order valence-corrected chi connectivity index (χ0v) is 15.9. The summed E-state index contributed by atoms with van der Waals surface area (Å²) in [5.74, 6) is -0.0675. The third-order valence-electron chi connectivity index (χ3n) is 4.67. The van der Waals surface area contributed by atoms with Crippen LogP contribution in [0.25, 0.3) is 0 Å². The Balaban J connectivity index is 1.46. The number of amides is 2. The van der Waals surface area contributed by atoms with Gasteiger partial charge in [0.05, 0.1) is 5.69 Å². The molecule has 0 spiro atoms. The summed E-state index contributed by atoms with van der Waals surface area (Å²) in [4.78, 5) is 22.7. The maximum Gasteiger partial charge on any atom is 0.319 e. The van der Waals surface area contributed by atoms with Crippen molar-refractivity contribution in [2.45, 2.75) is 37.8 Å². The Morgan fingerprint density at radius 2 is 1.82 bits per heavy atom. The summed E-state index contributed by atoms with van der Waals surface area (Å²) >= 11 is 0. The van der Waals surface area contributed by atoms with Gasteiger partial charge in [-0.1, -0.05) is 0 Å². The minimum atomic E-state index is -0.803. The Labute approximate surface area is 162 Å². The number of aromatic nitrogens is 2. The third-order valence-corrected chi connectivity index (χ3v) is 4.67. The summed E-state index contributed by atoms with van der Waals surface area (Å²) in [5.41, 5.74) is -0.0489. The lowest BCUT2D eigenvalue weighted by molar-refractivity contribution is 0.243. The maximum absolute atomic E-state index is 13.6. The number of anilines is 3. The summed E-state index contributed by atoms with van der Waals surface area (Å²) in [6.07, 6.45) is 4.99. The molecule has 0 radical (unpaired) electrons. The van der Waals surface area contributed by atoms with Crippen LogP contribution in [0.5, 0.6) is 0 Å². The van der Waals surface area contributed by atoms with E-state index in [0.717, 1.165) is 43.6 Å². The molecule has 2 amide bonds. The summed E-state index contributed by atoms with van der Waals surface area (Å²) in [7, 11) is 3.84. The van der Waals surface area contributed by atoms with E-state index in [-0.39, 0.29) is 17.8 Å². The van der Waals surface area contributed by atoms with Crippen molar-refractivity contribution in [2.24, 2.45) is 0 Å². The van der Waals surface area contributed by atoms with Gasteiger partial charge in [0, 0.05) is 38.4 Å². The Morgan fingerprint density at radius 3 is 2.50 bits per heavy atom. The Kier molecular flexibility index (Phi) is 6.23. The summed E-state index contributed by atoms with van der Waals surface area (Å²) < 4.78 is 26.5. The molecule has 0 bridgehead atoms. The molecular weight excluding hydrogens is 366 g/mol. The van der Waals surface area contributed by atoms with Crippen molar-refractivity contribution in [1.29, 1.82) is 0 Å². The van der Waals surface area contributed by atoms with Gasteiger partial charge in [-0.15, -0.1) is 0 Å². The van der Waals surface area contributed by atoms with Crippen LogP contribution in [-0.2, 0) is 0 Å². The van der Waals surface area contributed by atoms with E-state index in [1.165, 1.54) is 6.07 Å². The number of hydrogen-bond acceptors (Lipinski definition) is 5. The molecule has 1 aromatic carbocycles. The lowest BCUT2D eigenvalue weighted by Crippen LogP contribution is -2.42. The monoisotopic (exact) mass is 390 g/mol. The van der Waals surface area contributed by atoms with Crippen LogP contribution in [0.4, 0.5) is 31.0 Å². The predicted octanol–water partition coefficient (Wildman–Crippen LogP) is 3.37. The normalized spacial score (nSPS) is 19.0. The number of benzene rings is 1. The van der Waals surface area contributed by atoms with Crippen LogP contribution in [0, 0.1) is 11.6 Å². The van der Waals surface area contributed by atoms with Crippen molar-refractivity contribution in [2.75, 3.05) is 29.6 Å². The topological polar surface area (TPSA) is 82.2 Å². The van der Waals surface area contributed by atoms with Gasteiger partial charge in [0.1, 0.15) is 17.5 Å². The second-order valence-corrected chi connectivity index (χ2v) is 7.05. The van der Waals surface area contributed by atoms with Gasteiger partial charge in [0.15, 0.2) is 0 Å². The van der Waals surface area contributed by atoms with Crippen molar-refractivity contribution in [3.63, 3.8) is 0 Å². The highest BCUT2D eigenvalue weighted by molar-refractivity contribution is 5.89. The molecule has 3 N–H and O–H groups in total. The molecule has 0 atom stereocenters. The van der Waals surface area contributed by atoms with E-state index in [9.17, 15) is 13.6 Å². The van der Waals surface area contributed by atoms with E-state index in [4.69, 9.17) is 0 Å². The molecule has 0 aliphatic heterocycles. The molecule has 0 unspecified atom stereocenters. The molecule has 28 heavy (non-hydrogen) atoms. The van der Waals surface area contributed by atoms with Crippen LogP contribution in [0.15, 0.2) is 30.5 Å². The highest BCUT2D eigenvalue weighted by Crippen LogP contribution is 2.22. The van der Waals surface area contributed by atoms with Gasteiger partial charge in [0.25, 0.3) is 0 Å². The molecule has 1 heterocycles.